The van der Waals surface area contributed by atoms with E-state index in [1.807, 2.05) is 58.2 Å². The van der Waals surface area contributed by atoms with E-state index in [0.29, 0.717) is 19.4 Å². The number of rotatable bonds is 16. The molecule has 2 amide bonds. The quantitative estimate of drug-likeness (QED) is 0.165. The van der Waals surface area contributed by atoms with Gasteiger partial charge in [0.1, 0.15) is 11.7 Å². The Morgan fingerprint density at radius 1 is 1.02 bits per heavy atom. The fourth-order valence-corrected chi connectivity index (χ4v) is 5.51. The minimum atomic E-state index is -1.28. The van der Waals surface area contributed by atoms with Gasteiger partial charge in [-0.2, -0.15) is 0 Å². The summed E-state index contributed by atoms with van der Waals surface area (Å²) >= 11 is 0. The zero-order valence-electron chi connectivity index (χ0n) is 26.5. The lowest BCUT2D eigenvalue weighted by Gasteiger charge is -2.33. The van der Waals surface area contributed by atoms with Crippen molar-refractivity contribution in [1.82, 2.24) is 21.3 Å². The van der Waals surface area contributed by atoms with Gasteiger partial charge in [-0.3, -0.25) is 24.2 Å². The number of nitrogens with zero attached hydrogens (tertiary/aromatic N) is 1. The lowest BCUT2D eigenvalue weighted by Crippen LogP contribution is -2.57. The third-order valence-corrected chi connectivity index (χ3v) is 7.79. The molecule has 2 heterocycles. The first-order valence-corrected chi connectivity index (χ1v) is 15.7. The summed E-state index contributed by atoms with van der Waals surface area (Å²) in [5, 5.41) is 11.8. The van der Waals surface area contributed by atoms with Crippen LogP contribution in [0.3, 0.4) is 0 Å². The van der Waals surface area contributed by atoms with E-state index in [9.17, 15) is 19.2 Å². The molecule has 0 aromatic heterocycles. The maximum absolute atomic E-state index is 13.7. The molecule has 11 nitrogen and oxygen atoms in total. The molecule has 0 aliphatic carbocycles. The van der Waals surface area contributed by atoms with Gasteiger partial charge in [-0.25, -0.2) is 0 Å². The first-order chi connectivity index (χ1) is 21.1. The summed E-state index contributed by atoms with van der Waals surface area (Å²) in [5.74, 6) is -2.66. The zero-order valence-corrected chi connectivity index (χ0v) is 26.5. The molecule has 1 fully saturated rings. The molecular weight excluding hydrogens is 561 g/mol. The zero-order chi connectivity index (χ0) is 32.0. The molecule has 1 saturated heterocycles. The van der Waals surface area contributed by atoms with E-state index in [4.69, 9.17) is 9.31 Å². The highest BCUT2D eigenvalue weighted by Gasteiger charge is 2.44. The molecule has 12 heteroatoms. The molecule has 4 N–H and O–H groups in total. The average molecular weight is 610 g/mol. The van der Waals surface area contributed by atoms with Gasteiger partial charge in [-0.05, 0) is 49.8 Å². The van der Waals surface area contributed by atoms with Crippen LogP contribution in [0.5, 0.6) is 0 Å². The minimum Gasteiger partial charge on any atom is -0.498 e. The number of hydrogen-bond acceptors (Lipinski definition) is 9. The molecule has 44 heavy (non-hydrogen) atoms. The highest BCUT2D eigenvalue weighted by atomic mass is 16.6. The number of nitrogens with one attached hydrogen (secondary N) is 4. The summed E-state index contributed by atoms with van der Waals surface area (Å²) in [7, 11) is 0.650. The number of amides is 2. The normalized spacial score (nSPS) is 17.8. The van der Waals surface area contributed by atoms with Crippen molar-refractivity contribution in [2.75, 3.05) is 20.1 Å². The van der Waals surface area contributed by atoms with Crippen LogP contribution in [0.4, 0.5) is 0 Å². The predicted octanol–water partition coefficient (Wildman–Crippen LogP) is 2.84. The second kappa shape index (κ2) is 17.6. The summed E-state index contributed by atoms with van der Waals surface area (Å²) in [6, 6.07) is 8.36. The molecule has 0 saturated carbocycles. The Labute approximate surface area is 261 Å². The summed E-state index contributed by atoms with van der Waals surface area (Å²) in [6.45, 7) is 7.33. The minimum absolute atomic E-state index is 0.0753. The summed E-state index contributed by atoms with van der Waals surface area (Å²) < 4.78 is 11.5. The third-order valence-electron chi connectivity index (χ3n) is 7.79. The highest BCUT2D eigenvalue weighted by molar-refractivity contribution is 6.51. The van der Waals surface area contributed by atoms with Gasteiger partial charge in [-0.1, -0.05) is 70.4 Å². The Balaban J connectivity index is 1.71. The third kappa shape index (κ3) is 11.8. The van der Waals surface area contributed by atoms with Gasteiger partial charge in [0.05, 0.1) is 5.94 Å². The van der Waals surface area contributed by atoms with E-state index in [-0.39, 0.29) is 30.9 Å². The van der Waals surface area contributed by atoms with Gasteiger partial charge in [0.15, 0.2) is 0 Å². The Kier molecular flexibility index (Phi) is 13.9. The predicted molar refractivity (Wildman–Crippen MR) is 170 cm³/mol. The second-order valence-electron chi connectivity index (χ2n) is 12.5. The number of hydrogen-bond donors (Lipinski definition) is 4. The molecule has 1 aromatic carbocycles. The number of carbonyl (C=O) groups excluding carboxylic acids is 4. The van der Waals surface area contributed by atoms with Crippen LogP contribution in [0.25, 0.3) is 0 Å². The Morgan fingerprint density at radius 3 is 2.32 bits per heavy atom. The van der Waals surface area contributed by atoms with Gasteiger partial charge in [0, 0.05) is 38.2 Å². The molecule has 1 unspecified atom stereocenters. The summed E-state index contributed by atoms with van der Waals surface area (Å²) in [5.41, 5.74) is 0.442. The van der Waals surface area contributed by atoms with Crippen molar-refractivity contribution in [2.45, 2.75) is 90.5 Å². The van der Waals surface area contributed by atoms with E-state index < -0.39 is 48.3 Å². The monoisotopic (exact) mass is 609 g/mol. The van der Waals surface area contributed by atoms with Crippen LogP contribution in [-0.4, -0.2) is 69.2 Å². The van der Waals surface area contributed by atoms with E-state index in [2.05, 4.69) is 26.3 Å². The Bertz CT molecular complexity index is 1150. The van der Waals surface area contributed by atoms with E-state index in [0.717, 1.165) is 37.8 Å². The smallest absolute Gasteiger partial charge is 0.498 e. The van der Waals surface area contributed by atoms with Gasteiger partial charge >= 0.3 is 7.12 Å². The second-order valence-corrected chi connectivity index (χ2v) is 12.5. The van der Waals surface area contributed by atoms with Gasteiger partial charge < -0.3 is 30.6 Å². The number of benzene rings is 1. The fourth-order valence-electron chi connectivity index (χ4n) is 5.51. The molecule has 3 rings (SSSR count). The molecule has 0 radical (unpaired) electrons. The van der Waals surface area contributed by atoms with Crippen molar-refractivity contribution in [3.8, 4) is 0 Å². The largest absolute Gasteiger partial charge is 0.622 e. The van der Waals surface area contributed by atoms with Crippen molar-refractivity contribution in [3.63, 3.8) is 0 Å². The molecule has 0 spiro atoms. The SMILES string of the molecule is CNCCCCCCC1(C)CC(=O)OB(C(CC(C)C)NC(=O)[C@H](Cc2ccccc2)NC(=O)C2=CNCC=N2)OC(=O)C1. The topological polar surface area (TPSA) is 147 Å². The molecule has 2 aliphatic rings. The Hall–Kier alpha value is -3.67. The number of carbonyl (C=O) groups is 4. The fraction of sp³-hybridized carbons (Fsp3) is 0.594. The average Bonchev–Trinajstić information content (AvgIpc) is 2.97. The van der Waals surface area contributed by atoms with Crippen LogP contribution in [0.1, 0.15) is 77.7 Å². The van der Waals surface area contributed by atoms with Crippen LogP contribution in [0.2, 0.25) is 0 Å². The Morgan fingerprint density at radius 2 is 1.70 bits per heavy atom. The highest BCUT2D eigenvalue weighted by Crippen LogP contribution is 2.35. The first kappa shape index (κ1) is 34.8. The first-order valence-electron chi connectivity index (χ1n) is 15.7. The van der Waals surface area contributed by atoms with Gasteiger partial charge in [0.2, 0.25) is 5.91 Å². The molecule has 2 aliphatic heterocycles. The van der Waals surface area contributed by atoms with Crippen molar-refractivity contribution in [1.29, 1.82) is 0 Å². The molecule has 0 bridgehead atoms. The number of unbranched alkanes of at least 4 members (excludes halogenated alkanes) is 3. The van der Waals surface area contributed by atoms with Crippen molar-refractivity contribution in [3.05, 3.63) is 47.8 Å². The summed E-state index contributed by atoms with van der Waals surface area (Å²) in [4.78, 5) is 57.0. The van der Waals surface area contributed by atoms with Crippen molar-refractivity contribution >= 4 is 37.1 Å². The van der Waals surface area contributed by atoms with Crippen LogP contribution >= 0.6 is 0 Å². The van der Waals surface area contributed by atoms with Crippen molar-refractivity contribution in [2.24, 2.45) is 16.3 Å². The lowest BCUT2D eigenvalue weighted by molar-refractivity contribution is -0.149. The van der Waals surface area contributed by atoms with Gasteiger partial charge in [0.25, 0.3) is 17.8 Å². The van der Waals surface area contributed by atoms with Crippen LogP contribution in [-0.2, 0) is 34.9 Å². The van der Waals surface area contributed by atoms with Gasteiger partial charge in [-0.15, -0.1) is 0 Å². The van der Waals surface area contributed by atoms with Crippen LogP contribution in [0, 0.1) is 11.3 Å². The standard InChI is InChI=1S/C32H48BN5O6/c1-23(2)18-27(33-43-28(39)20-32(3,21-29(40)44-33)14-10-5-6-11-15-34-4)38-30(41)25(19-24-12-8-7-9-13-24)37-31(42)26-22-35-16-17-36-26/h7-9,12-13,17,22-23,25,27,34-35H,5-6,10-11,14-16,18-21H2,1-4H3,(H,37,42)(H,38,41)/t25-,27?/m0/s1. The number of aliphatic imine (C=N–C) groups is 1. The van der Waals surface area contributed by atoms with Crippen molar-refractivity contribution < 1.29 is 28.5 Å². The maximum atomic E-state index is 13.7. The molecule has 240 valence electrons. The lowest BCUT2D eigenvalue weighted by atomic mass is 9.71. The van der Waals surface area contributed by atoms with E-state index in [1.165, 1.54) is 6.20 Å². The molecule has 1 aromatic rings. The van der Waals surface area contributed by atoms with E-state index in [1.54, 1.807) is 6.21 Å². The van der Waals surface area contributed by atoms with Crippen LogP contribution < -0.4 is 21.3 Å². The maximum Gasteiger partial charge on any atom is 0.622 e. The molecule has 2 atom stereocenters. The molecular formula is C32H48BN5O6. The van der Waals surface area contributed by atoms with Crippen LogP contribution in [0.15, 0.2) is 47.2 Å². The summed E-state index contributed by atoms with van der Waals surface area (Å²) in [6.07, 6.45) is 8.66. The van der Waals surface area contributed by atoms with E-state index >= 15 is 0 Å².